The maximum atomic E-state index is 9.60. The molecule has 0 aliphatic carbocycles. The summed E-state index contributed by atoms with van der Waals surface area (Å²) in [6.45, 7) is 3.75. The van der Waals surface area contributed by atoms with Gasteiger partial charge in [0.05, 0.1) is 24.3 Å². The van der Waals surface area contributed by atoms with Crippen LogP contribution >= 0.6 is 11.3 Å². The lowest BCUT2D eigenvalue weighted by Crippen LogP contribution is -2.17. The average Bonchev–Trinajstić information content (AvgIpc) is 2.46. The molecule has 0 fully saturated rings. The van der Waals surface area contributed by atoms with Crippen LogP contribution in [-0.4, -0.2) is 21.3 Å². The van der Waals surface area contributed by atoms with Crippen LogP contribution < -0.4 is 0 Å². The van der Waals surface area contributed by atoms with Crippen LogP contribution in [-0.2, 0) is 0 Å². The molecule has 2 N–H and O–H groups in total. The largest absolute Gasteiger partial charge is 0.389 e. The van der Waals surface area contributed by atoms with Gasteiger partial charge in [0.2, 0.25) is 0 Å². The number of hydrogen-bond donors (Lipinski definition) is 2. The zero-order chi connectivity index (χ0) is 10.7. The third-order valence-electron chi connectivity index (χ3n) is 1.96. The predicted molar refractivity (Wildman–Crippen MR) is 52.8 cm³/mol. The minimum Gasteiger partial charge on any atom is -0.389 e. The molecule has 0 aliphatic heterocycles. The van der Waals surface area contributed by atoms with E-state index in [-0.39, 0.29) is 6.42 Å². The SMILES string of the molecule is Cc1nc(C(O)C(O)CC#N)sc1C. The first kappa shape index (κ1) is 11.1. The van der Waals surface area contributed by atoms with Crippen molar-refractivity contribution in [3.63, 3.8) is 0 Å². The first-order chi connectivity index (χ1) is 6.56. The molecule has 0 amide bonds. The van der Waals surface area contributed by atoms with Gasteiger partial charge in [0, 0.05) is 4.88 Å². The Morgan fingerprint density at radius 3 is 2.57 bits per heavy atom. The molecule has 2 unspecified atom stereocenters. The number of nitriles is 1. The summed E-state index contributed by atoms with van der Waals surface area (Å²) >= 11 is 1.35. The number of aliphatic hydroxyl groups excluding tert-OH is 2. The third-order valence-corrected chi connectivity index (χ3v) is 3.11. The molecule has 2 atom stereocenters. The zero-order valence-corrected chi connectivity index (χ0v) is 8.88. The molecular formula is C9H12N2O2S. The number of hydrogen-bond acceptors (Lipinski definition) is 5. The summed E-state index contributed by atoms with van der Waals surface area (Å²) in [7, 11) is 0. The lowest BCUT2D eigenvalue weighted by molar-refractivity contribution is 0.0214. The van der Waals surface area contributed by atoms with Gasteiger partial charge in [-0.15, -0.1) is 11.3 Å². The summed E-state index contributed by atoms with van der Waals surface area (Å²) in [6, 6.07) is 1.81. The van der Waals surface area contributed by atoms with Crippen LogP contribution in [0.2, 0.25) is 0 Å². The molecule has 0 radical (unpaired) electrons. The highest BCUT2D eigenvalue weighted by molar-refractivity contribution is 7.11. The van der Waals surface area contributed by atoms with Crippen LogP contribution in [0.3, 0.4) is 0 Å². The molecular weight excluding hydrogens is 200 g/mol. The number of aliphatic hydroxyl groups is 2. The molecule has 1 heterocycles. The van der Waals surface area contributed by atoms with Crippen molar-refractivity contribution in [3.8, 4) is 6.07 Å². The van der Waals surface area contributed by atoms with E-state index in [0.29, 0.717) is 5.01 Å². The van der Waals surface area contributed by atoms with Crippen LogP contribution in [0.5, 0.6) is 0 Å². The van der Waals surface area contributed by atoms with Crippen molar-refractivity contribution >= 4 is 11.3 Å². The molecule has 0 spiro atoms. The Bertz CT molecular complexity index is 337. The quantitative estimate of drug-likeness (QED) is 0.785. The van der Waals surface area contributed by atoms with E-state index in [1.54, 1.807) is 6.07 Å². The van der Waals surface area contributed by atoms with E-state index < -0.39 is 12.2 Å². The van der Waals surface area contributed by atoms with Crippen molar-refractivity contribution < 1.29 is 10.2 Å². The highest BCUT2D eigenvalue weighted by Gasteiger charge is 2.21. The fourth-order valence-corrected chi connectivity index (χ4v) is 1.96. The predicted octanol–water partition coefficient (Wildman–Crippen LogP) is 1.07. The second-order valence-electron chi connectivity index (χ2n) is 3.07. The van der Waals surface area contributed by atoms with Crippen LogP contribution in [0.25, 0.3) is 0 Å². The summed E-state index contributed by atoms with van der Waals surface area (Å²) in [6.07, 6.45) is -2.18. The topological polar surface area (TPSA) is 77.1 Å². The van der Waals surface area contributed by atoms with Gasteiger partial charge in [-0.1, -0.05) is 0 Å². The Morgan fingerprint density at radius 2 is 2.14 bits per heavy atom. The molecule has 1 rings (SSSR count). The lowest BCUT2D eigenvalue weighted by Gasteiger charge is -2.11. The van der Waals surface area contributed by atoms with E-state index in [1.165, 1.54) is 11.3 Å². The fraction of sp³-hybridized carbons (Fsp3) is 0.556. The minimum atomic E-state index is -1.05. The third kappa shape index (κ3) is 2.29. The highest BCUT2D eigenvalue weighted by atomic mass is 32.1. The molecule has 14 heavy (non-hydrogen) atoms. The molecule has 1 aromatic heterocycles. The van der Waals surface area contributed by atoms with Crippen LogP contribution in [0.1, 0.15) is 28.1 Å². The molecule has 1 aromatic rings. The lowest BCUT2D eigenvalue weighted by atomic mass is 10.1. The highest BCUT2D eigenvalue weighted by Crippen LogP contribution is 2.25. The molecule has 5 heteroatoms. The van der Waals surface area contributed by atoms with E-state index in [1.807, 2.05) is 13.8 Å². The summed E-state index contributed by atoms with van der Waals surface area (Å²) in [4.78, 5) is 5.13. The van der Waals surface area contributed by atoms with Crippen LogP contribution in [0.4, 0.5) is 0 Å². The number of rotatable bonds is 3. The normalized spacial score (nSPS) is 14.8. The second-order valence-corrected chi connectivity index (χ2v) is 4.30. The van der Waals surface area contributed by atoms with E-state index in [0.717, 1.165) is 10.6 Å². The summed E-state index contributed by atoms with van der Waals surface area (Å²) < 4.78 is 0. The molecule has 0 aliphatic rings. The number of thiazole rings is 1. The Kier molecular flexibility index (Phi) is 3.58. The molecule has 0 saturated carbocycles. The first-order valence-corrected chi connectivity index (χ1v) is 5.05. The van der Waals surface area contributed by atoms with Crippen LogP contribution in [0, 0.1) is 25.2 Å². The van der Waals surface area contributed by atoms with Gasteiger partial charge in [-0.3, -0.25) is 0 Å². The molecule has 76 valence electrons. The van der Waals surface area contributed by atoms with Crippen molar-refractivity contribution in [3.05, 3.63) is 15.6 Å². The number of nitrogens with zero attached hydrogens (tertiary/aromatic N) is 2. The Morgan fingerprint density at radius 1 is 1.50 bits per heavy atom. The van der Waals surface area contributed by atoms with Crippen molar-refractivity contribution in [1.29, 1.82) is 5.26 Å². The Labute approximate surface area is 86.5 Å². The monoisotopic (exact) mass is 212 g/mol. The average molecular weight is 212 g/mol. The van der Waals surface area contributed by atoms with Gasteiger partial charge in [-0.05, 0) is 13.8 Å². The maximum Gasteiger partial charge on any atom is 0.132 e. The minimum absolute atomic E-state index is 0.0845. The van der Waals surface area contributed by atoms with Crippen molar-refractivity contribution in [2.75, 3.05) is 0 Å². The summed E-state index contributed by atoms with van der Waals surface area (Å²) in [5, 5.41) is 27.8. The van der Waals surface area contributed by atoms with Gasteiger partial charge in [-0.25, -0.2) is 4.98 Å². The molecule has 0 aromatic carbocycles. The van der Waals surface area contributed by atoms with E-state index >= 15 is 0 Å². The number of aryl methyl sites for hydroxylation is 2. The summed E-state index contributed by atoms with van der Waals surface area (Å²) in [5.74, 6) is 0. The van der Waals surface area contributed by atoms with Gasteiger partial charge in [-0.2, -0.15) is 5.26 Å². The van der Waals surface area contributed by atoms with Gasteiger partial charge in [0.15, 0.2) is 0 Å². The fourth-order valence-electron chi connectivity index (χ4n) is 0.994. The van der Waals surface area contributed by atoms with E-state index in [9.17, 15) is 10.2 Å². The maximum absolute atomic E-state index is 9.60. The van der Waals surface area contributed by atoms with E-state index in [2.05, 4.69) is 4.98 Å². The summed E-state index contributed by atoms with van der Waals surface area (Å²) in [5.41, 5.74) is 0.855. The van der Waals surface area contributed by atoms with Crippen molar-refractivity contribution in [1.82, 2.24) is 4.98 Å². The molecule has 0 bridgehead atoms. The smallest absolute Gasteiger partial charge is 0.132 e. The van der Waals surface area contributed by atoms with Crippen molar-refractivity contribution in [2.45, 2.75) is 32.5 Å². The number of aromatic nitrogens is 1. The molecule has 4 nitrogen and oxygen atoms in total. The second kappa shape index (κ2) is 4.51. The van der Waals surface area contributed by atoms with Crippen molar-refractivity contribution in [2.24, 2.45) is 0 Å². The van der Waals surface area contributed by atoms with E-state index in [4.69, 9.17) is 5.26 Å². The zero-order valence-electron chi connectivity index (χ0n) is 8.06. The molecule has 0 saturated heterocycles. The van der Waals surface area contributed by atoms with Gasteiger partial charge in [0.1, 0.15) is 11.1 Å². The van der Waals surface area contributed by atoms with Crippen LogP contribution in [0.15, 0.2) is 0 Å². The van der Waals surface area contributed by atoms with Gasteiger partial charge in [0.25, 0.3) is 0 Å². The first-order valence-electron chi connectivity index (χ1n) is 4.23. The Hall–Kier alpha value is -0.960. The Balaban J connectivity index is 2.79. The van der Waals surface area contributed by atoms with Gasteiger partial charge >= 0.3 is 0 Å². The van der Waals surface area contributed by atoms with Gasteiger partial charge < -0.3 is 10.2 Å². The standard InChI is InChI=1S/C9H12N2O2S/c1-5-6(2)14-9(11-5)8(13)7(12)3-4-10/h7-8,12-13H,3H2,1-2H3.